The monoisotopic (exact) mass is 645 g/mol. The molecule has 0 aliphatic heterocycles. The summed E-state index contributed by atoms with van der Waals surface area (Å²) in [7, 11) is 3.31. The van der Waals surface area contributed by atoms with E-state index in [1.54, 1.807) is 14.2 Å². The molecule has 1 amide bonds. The van der Waals surface area contributed by atoms with Crippen molar-refractivity contribution < 1.29 is 14.3 Å². The Labute approximate surface area is 280 Å². The molecular formula is C38H43N7O3. The van der Waals surface area contributed by atoms with E-state index in [1.807, 2.05) is 42.6 Å². The van der Waals surface area contributed by atoms with Gasteiger partial charge in [0.1, 0.15) is 17.3 Å². The van der Waals surface area contributed by atoms with Crippen LogP contribution in [0.5, 0.6) is 11.5 Å². The van der Waals surface area contributed by atoms with Crippen LogP contribution in [0.2, 0.25) is 0 Å². The molecule has 3 atom stereocenters. The number of nitrogens with zero attached hydrogens (tertiary/aromatic N) is 3. The Bertz CT molecular complexity index is 2030. The molecule has 1 fully saturated rings. The summed E-state index contributed by atoms with van der Waals surface area (Å²) in [6, 6.07) is 21.8. The summed E-state index contributed by atoms with van der Waals surface area (Å²) in [5.41, 5.74) is 11.9. The predicted molar refractivity (Wildman–Crippen MR) is 187 cm³/mol. The Morgan fingerprint density at radius 2 is 1.60 bits per heavy atom. The third-order valence-corrected chi connectivity index (χ3v) is 9.85. The zero-order valence-corrected chi connectivity index (χ0v) is 27.5. The molecule has 10 heteroatoms. The van der Waals surface area contributed by atoms with Crippen molar-refractivity contribution in [1.29, 1.82) is 0 Å². The second-order valence-corrected chi connectivity index (χ2v) is 12.8. The number of para-hydroxylation sites is 2. The third-order valence-electron chi connectivity index (χ3n) is 9.85. The molecule has 3 aromatic heterocycles. The fraction of sp³-hybridized carbons (Fsp3) is 0.342. The highest BCUT2D eigenvalue weighted by atomic mass is 16.5. The molecule has 6 aromatic rings. The number of aromatic nitrogens is 5. The van der Waals surface area contributed by atoms with Crippen LogP contribution < -0.4 is 20.5 Å². The molecule has 10 nitrogen and oxygen atoms in total. The number of carbonyl (C=O) groups excluding carboxylic acids is 1. The first-order chi connectivity index (χ1) is 23.5. The Hall–Kier alpha value is -5.09. The lowest BCUT2D eigenvalue weighted by Gasteiger charge is -2.29. The summed E-state index contributed by atoms with van der Waals surface area (Å²) in [5.74, 6) is 2.70. The van der Waals surface area contributed by atoms with Gasteiger partial charge in [0.2, 0.25) is 5.91 Å². The van der Waals surface area contributed by atoms with Gasteiger partial charge in [-0.2, -0.15) is 0 Å². The maximum Gasteiger partial charge on any atom is 0.225 e. The number of rotatable bonds is 12. The maximum atomic E-state index is 13.9. The van der Waals surface area contributed by atoms with Crippen LogP contribution in [-0.2, 0) is 30.6 Å². The molecule has 248 valence electrons. The van der Waals surface area contributed by atoms with E-state index >= 15 is 0 Å². The summed E-state index contributed by atoms with van der Waals surface area (Å²) in [6.07, 6.45) is 9.79. The summed E-state index contributed by atoms with van der Waals surface area (Å²) >= 11 is 0. The van der Waals surface area contributed by atoms with Crippen molar-refractivity contribution in [2.45, 2.75) is 63.6 Å². The van der Waals surface area contributed by atoms with Crippen molar-refractivity contribution >= 4 is 27.7 Å². The fourth-order valence-electron chi connectivity index (χ4n) is 7.19. The molecule has 5 N–H and O–H groups in total. The molecule has 0 radical (unpaired) electrons. The van der Waals surface area contributed by atoms with Crippen LogP contribution in [0.25, 0.3) is 21.8 Å². The van der Waals surface area contributed by atoms with Gasteiger partial charge < -0.3 is 35.1 Å². The average molecular weight is 646 g/mol. The van der Waals surface area contributed by atoms with Crippen LogP contribution in [0.15, 0.2) is 79.1 Å². The number of nitrogens with one attached hydrogen (secondary N) is 3. The van der Waals surface area contributed by atoms with Crippen molar-refractivity contribution in [2.75, 3.05) is 14.2 Å². The Kier molecular flexibility index (Phi) is 9.16. The number of ether oxygens (including phenoxy) is 2. The molecule has 1 aliphatic rings. The van der Waals surface area contributed by atoms with E-state index < -0.39 is 6.04 Å². The van der Waals surface area contributed by atoms with Crippen molar-refractivity contribution in [2.24, 2.45) is 11.7 Å². The minimum atomic E-state index is -0.440. The van der Waals surface area contributed by atoms with Crippen LogP contribution >= 0.6 is 0 Å². The molecule has 0 bridgehead atoms. The second-order valence-electron chi connectivity index (χ2n) is 12.8. The van der Waals surface area contributed by atoms with Gasteiger partial charge in [-0.05, 0) is 54.7 Å². The molecule has 1 saturated carbocycles. The van der Waals surface area contributed by atoms with Crippen LogP contribution in [0.4, 0.5) is 0 Å². The number of amides is 1. The number of H-pyrrole nitrogens is 2. The molecule has 0 saturated heterocycles. The van der Waals surface area contributed by atoms with Crippen LogP contribution in [0, 0.1) is 5.92 Å². The number of benzene rings is 3. The summed E-state index contributed by atoms with van der Waals surface area (Å²) in [5, 5.41) is 15.3. The lowest BCUT2D eigenvalue weighted by molar-refractivity contribution is -0.127. The molecule has 2 unspecified atom stereocenters. The van der Waals surface area contributed by atoms with Crippen LogP contribution in [0.3, 0.4) is 0 Å². The first-order valence-corrected chi connectivity index (χ1v) is 16.8. The zero-order chi connectivity index (χ0) is 33.0. The Balaban J connectivity index is 1.28. The van der Waals surface area contributed by atoms with Gasteiger partial charge in [-0.15, -0.1) is 10.2 Å². The number of aryl methyl sites for hydroxylation is 2. The topological polar surface area (TPSA) is 136 Å². The van der Waals surface area contributed by atoms with Crippen molar-refractivity contribution in [1.82, 2.24) is 30.0 Å². The van der Waals surface area contributed by atoms with Gasteiger partial charge in [-0.3, -0.25) is 4.79 Å². The van der Waals surface area contributed by atoms with Gasteiger partial charge >= 0.3 is 0 Å². The number of fused-ring (bicyclic) bond motifs is 2. The normalized spacial score (nSPS) is 17.1. The summed E-state index contributed by atoms with van der Waals surface area (Å²) in [4.78, 5) is 20.7. The summed E-state index contributed by atoms with van der Waals surface area (Å²) in [6.45, 7) is 0.460. The predicted octanol–water partition coefficient (Wildman–Crippen LogP) is 6.01. The average Bonchev–Trinajstić information content (AvgIpc) is 3.84. The molecule has 48 heavy (non-hydrogen) atoms. The van der Waals surface area contributed by atoms with Crippen molar-refractivity contribution in [3.63, 3.8) is 0 Å². The third kappa shape index (κ3) is 6.40. The van der Waals surface area contributed by atoms with Gasteiger partial charge in [0.25, 0.3) is 0 Å². The first kappa shape index (κ1) is 31.5. The largest absolute Gasteiger partial charge is 0.497 e. The molecule has 3 aromatic carbocycles. The standard InChI is InChI=1S/C38H43N7O3/c1-47-27-17-15-25(35(20-27)48-2)23-45-36(18-16-24-21-40-32-13-7-4-9-28(24)32)43-44-37(45)34(42-38(46)30-11-3-6-12-31(30)39)19-26-22-41-33-14-8-5-10-29(26)33/h4-5,7-10,13-15,17,20-22,30-31,34,40-41H,3,6,11-12,16,18-19,23,39H2,1-2H3,(H,42,46)/t30?,31?,34-/m1/s1. The highest BCUT2D eigenvalue weighted by molar-refractivity contribution is 5.84. The summed E-state index contributed by atoms with van der Waals surface area (Å²) < 4.78 is 13.4. The number of nitrogens with two attached hydrogens (primary N) is 1. The SMILES string of the molecule is COc1ccc(Cn2c(CCc3c[nH]c4ccccc34)nnc2[C@@H](Cc2c[nH]c3ccccc23)NC(=O)C2CCCCC2N)c(OC)c1. The Morgan fingerprint density at radius 1 is 0.896 bits per heavy atom. The van der Waals surface area contributed by atoms with E-state index in [9.17, 15) is 4.79 Å². The molecule has 3 heterocycles. The minimum Gasteiger partial charge on any atom is -0.497 e. The number of carbonyl (C=O) groups is 1. The van der Waals surface area contributed by atoms with Crippen LogP contribution in [-0.4, -0.2) is 50.9 Å². The minimum absolute atomic E-state index is 0.0241. The van der Waals surface area contributed by atoms with E-state index in [-0.39, 0.29) is 17.9 Å². The van der Waals surface area contributed by atoms with E-state index in [2.05, 4.69) is 56.4 Å². The van der Waals surface area contributed by atoms with Gasteiger partial charge in [-0.1, -0.05) is 49.2 Å². The van der Waals surface area contributed by atoms with Gasteiger partial charge in [-0.25, -0.2) is 0 Å². The molecule has 1 aliphatic carbocycles. The zero-order valence-electron chi connectivity index (χ0n) is 27.5. The number of hydrogen-bond donors (Lipinski definition) is 4. The smallest absolute Gasteiger partial charge is 0.225 e. The number of aromatic amines is 2. The lowest BCUT2D eigenvalue weighted by Crippen LogP contribution is -2.45. The van der Waals surface area contributed by atoms with E-state index in [0.717, 1.165) is 65.5 Å². The maximum absolute atomic E-state index is 13.9. The molecular weight excluding hydrogens is 602 g/mol. The van der Waals surface area contributed by atoms with E-state index in [0.29, 0.717) is 36.7 Å². The lowest BCUT2D eigenvalue weighted by atomic mass is 9.84. The van der Waals surface area contributed by atoms with Gasteiger partial charge in [0, 0.05) is 64.7 Å². The molecule has 7 rings (SSSR count). The fourth-order valence-corrected chi connectivity index (χ4v) is 7.19. The Morgan fingerprint density at radius 3 is 2.33 bits per heavy atom. The quantitative estimate of drug-likeness (QED) is 0.129. The van der Waals surface area contributed by atoms with Gasteiger partial charge in [0.05, 0.1) is 32.7 Å². The number of methoxy groups -OCH3 is 2. The highest BCUT2D eigenvalue weighted by Crippen LogP contribution is 2.31. The molecule has 0 spiro atoms. The van der Waals surface area contributed by atoms with E-state index in [1.165, 1.54) is 10.9 Å². The van der Waals surface area contributed by atoms with E-state index in [4.69, 9.17) is 25.4 Å². The van der Waals surface area contributed by atoms with Crippen molar-refractivity contribution in [3.8, 4) is 11.5 Å². The van der Waals surface area contributed by atoms with Crippen LogP contribution in [0.1, 0.15) is 60.1 Å². The number of hydrogen-bond acceptors (Lipinski definition) is 6. The second kappa shape index (κ2) is 13.9. The van der Waals surface area contributed by atoms with Crippen molar-refractivity contribution in [3.05, 3.63) is 107 Å². The first-order valence-electron chi connectivity index (χ1n) is 16.8. The highest BCUT2D eigenvalue weighted by Gasteiger charge is 2.32. The van der Waals surface area contributed by atoms with Gasteiger partial charge in [0.15, 0.2) is 5.82 Å².